The molecule has 1 aliphatic rings. The minimum atomic E-state index is -0.921. The number of nitrogens with zero attached hydrogens (tertiary/aromatic N) is 1. The van der Waals surface area contributed by atoms with Gasteiger partial charge in [0.25, 0.3) is 0 Å². The van der Waals surface area contributed by atoms with Crippen LogP contribution in [0.4, 0.5) is 0 Å². The molecule has 23 heavy (non-hydrogen) atoms. The maximum Gasteiger partial charge on any atom is 0.305 e. The van der Waals surface area contributed by atoms with E-state index in [4.69, 9.17) is 5.11 Å². The van der Waals surface area contributed by atoms with Crippen molar-refractivity contribution in [3.05, 3.63) is 0 Å². The highest BCUT2D eigenvalue weighted by Gasteiger charge is 2.23. The van der Waals surface area contributed by atoms with Gasteiger partial charge in [-0.05, 0) is 31.7 Å². The zero-order valence-corrected chi connectivity index (χ0v) is 14.6. The Morgan fingerprint density at radius 1 is 1.13 bits per heavy atom. The Bertz CT molecular complexity index is 324. The van der Waals surface area contributed by atoms with Gasteiger partial charge in [-0.25, -0.2) is 0 Å². The van der Waals surface area contributed by atoms with E-state index < -0.39 is 12.1 Å². The number of aliphatic hydroxyl groups is 2. The number of rotatable bonds is 12. The Hall–Kier alpha value is -0.650. The molecule has 0 aromatic carbocycles. The average molecular weight is 329 g/mol. The number of aliphatic carboxylic acids is 1. The zero-order valence-electron chi connectivity index (χ0n) is 14.6. The SMILES string of the molecule is C[C@H]1CN(CCCCCCCCC[C@@H](O)CC(=O)O)CC[C@@H]1O. The normalized spacial score (nSPS) is 23.8. The first-order valence-corrected chi connectivity index (χ1v) is 9.29. The summed E-state index contributed by atoms with van der Waals surface area (Å²) in [6.45, 7) is 5.34. The Morgan fingerprint density at radius 3 is 2.35 bits per heavy atom. The summed E-state index contributed by atoms with van der Waals surface area (Å²) in [5, 5.41) is 27.7. The van der Waals surface area contributed by atoms with Crippen molar-refractivity contribution >= 4 is 5.97 Å². The molecule has 0 bridgehead atoms. The number of carboxylic acids is 1. The van der Waals surface area contributed by atoms with Crippen molar-refractivity contribution in [3.8, 4) is 0 Å². The van der Waals surface area contributed by atoms with Crippen LogP contribution in [-0.2, 0) is 4.79 Å². The predicted octanol–water partition coefficient (Wildman–Crippen LogP) is 2.65. The molecule has 0 spiro atoms. The van der Waals surface area contributed by atoms with Gasteiger partial charge in [0.1, 0.15) is 0 Å². The Balaban J connectivity index is 1.86. The summed E-state index contributed by atoms with van der Waals surface area (Å²) in [6.07, 6.45) is 8.74. The highest BCUT2D eigenvalue weighted by molar-refractivity contribution is 5.67. The fraction of sp³-hybridized carbons (Fsp3) is 0.944. The van der Waals surface area contributed by atoms with Gasteiger partial charge < -0.3 is 20.2 Å². The van der Waals surface area contributed by atoms with Crippen LogP contribution in [0.2, 0.25) is 0 Å². The molecule has 0 saturated carbocycles. The lowest BCUT2D eigenvalue weighted by molar-refractivity contribution is -0.139. The second kappa shape index (κ2) is 11.8. The van der Waals surface area contributed by atoms with Crippen LogP contribution < -0.4 is 0 Å². The summed E-state index contributed by atoms with van der Waals surface area (Å²) in [5.41, 5.74) is 0. The molecule has 0 amide bonds. The maximum atomic E-state index is 10.4. The monoisotopic (exact) mass is 329 g/mol. The first-order valence-electron chi connectivity index (χ1n) is 9.29. The molecule has 1 aliphatic heterocycles. The van der Waals surface area contributed by atoms with Gasteiger partial charge >= 0.3 is 5.97 Å². The molecular weight excluding hydrogens is 294 g/mol. The third kappa shape index (κ3) is 9.95. The summed E-state index contributed by atoms with van der Waals surface area (Å²) >= 11 is 0. The number of piperidine rings is 1. The molecule has 1 heterocycles. The molecule has 5 heteroatoms. The van der Waals surface area contributed by atoms with Crippen LogP contribution in [0.15, 0.2) is 0 Å². The van der Waals surface area contributed by atoms with E-state index in [2.05, 4.69) is 11.8 Å². The van der Waals surface area contributed by atoms with E-state index in [1.54, 1.807) is 0 Å². The number of unbranched alkanes of at least 4 members (excludes halogenated alkanes) is 6. The van der Waals surface area contributed by atoms with Gasteiger partial charge in [-0.3, -0.25) is 4.79 Å². The van der Waals surface area contributed by atoms with Crippen molar-refractivity contribution in [2.24, 2.45) is 5.92 Å². The maximum absolute atomic E-state index is 10.4. The molecule has 0 aliphatic carbocycles. The van der Waals surface area contributed by atoms with Gasteiger partial charge in [-0.15, -0.1) is 0 Å². The molecule has 3 atom stereocenters. The quantitative estimate of drug-likeness (QED) is 0.480. The molecule has 0 radical (unpaired) electrons. The van der Waals surface area contributed by atoms with Gasteiger partial charge in [0.15, 0.2) is 0 Å². The van der Waals surface area contributed by atoms with E-state index in [0.717, 1.165) is 38.9 Å². The Kier molecular flexibility index (Phi) is 10.5. The van der Waals surface area contributed by atoms with Gasteiger partial charge in [-0.1, -0.05) is 45.4 Å². The lowest BCUT2D eigenvalue weighted by Crippen LogP contribution is -2.42. The van der Waals surface area contributed by atoms with E-state index in [1.807, 2.05) is 0 Å². The molecule has 1 fully saturated rings. The number of likely N-dealkylation sites (tertiary alicyclic amines) is 1. The van der Waals surface area contributed by atoms with E-state index >= 15 is 0 Å². The van der Waals surface area contributed by atoms with Crippen molar-refractivity contribution in [2.75, 3.05) is 19.6 Å². The van der Waals surface area contributed by atoms with E-state index in [1.165, 1.54) is 32.1 Å². The van der Waals surface area contributed by atoms with E-state index in [9.17, 15) is 15.0 Å². The van der Waals surface area contributed by atoms with Gasteiger partial charge in [0.05, 0.1) is 18.6 Å². The van der Waals surface area contributed by atoms with Gasteiger partial charge in [-0.2, -0.15) is 0 Å². The first-order chi connectivity index (χ1) is 11.0. The molecule has 5 nitrogen and oxygen atoms in total. The zero-order chi connectivity index (χ0) is 17.1. The smallest absolute Gasteiger partial charge is 0.305 e. The lowest BCUT2D eigenvalue weighted by Gasteiger charge is -2.34. The lowest BCUT2D eigenvalue weighted by atomic mass is 9.96. The summed E-state index contributed by atoms with van der Waals surface area (Å²) in [6, 6.07) is 0. The Labute approximate surface area is 140 Å². The minimum Gasteiger partial charge on any atom is -0.481 e. The topological polar surface area (TPSA) is 81.0 Å². The highest BCUT2D eigenvalue weighted by Crippen LogP contribution is 2.17. The molecule has 0 aromatic heterocycles. The summed E-state index contributed by atoms with van der Waals surface area (Å²) in [4.78, 5) is 12.9. The average Bonchev–Trinajstić information content (AvgIpc) is 2.48. The second-order valence-corrected chi connectivity index (χ2v) is 7.15. The van der Waals surface area contributed by atoms with E-state index in [0.29, 0.717) is 12.3 Å². The minimum absolute atomic E-state index is 0.111. The number of carbonyl (C=O) groups is 1. The summed E-state index contributed by atoms with van der Waals surface area (Å²) < 4.78 is 0. The van der Waals surface area contributed by atoms with Crippen molar-refractivity contribution in [2.45, 2.75) is 83.3 Å². The van der Waals surface area contributed by atoms with Gasteiger partial charge in [0.2, 0.25) is 0 Å². The van der Waals surface area contributed by atoms with Crippen LogP contribution in [0.3, 0.4) is 0 Å². The molecule has 1 rings (SSSR count). The molecule has 3 N–H and O–H groups in total. The summed E-state index contributed by atoms with van der Waals surface area (Å²) in [7, 11) is 0. The van der Waals surface area contributed by atoms with Crippen molar-refractivity contribution < 1.29 is 20.1 Å². The van der Waals surface area contributed by atoms with Crippen molar-refractivity contribution in [1.29, 1.82) is 0 Å². The number of carboxylic acid groups (broad SMARTS) is 1. The number of hydrogen-bond donors (Lipinski definition) is 3. The summed E-state index contributed by atoms with van der Waals surface area (Å²) in [5.74, 6) is -0.518. The number of hydrogen-bond acceptors (Lipinski definition) is 4. The van der Waals surface area contributed by atoms with Gasteiger partial charge in [0, 0.05) is 13.1 Å². The van der Waals surface area contributed by atoms with Crippen molar-refractivity contribution in [1.82, 2.24) is 4.90 Å². The molecule has 1 saturated heterocycles. The molecule has 0 unspecified atom stereocenters. The van der Waals surface area contributed by atoms with Crippen LogP contribution in [0.5, 0.6) is 0 Å². The Morgan fingerprint density at radius 2 is 1.74 bits per heavy atom. The molecular formula is C18H35NO4. The second-order valence-electron chi connectivity index (χ2n) is 7.15. The standard InChI is InChI=1S/C18H35NO4/c1-15-14-19(12-10-17(15)21)11-8-6-4-2-3-5-7-9-16(20)13-18(22)23/h15-17,20-21H,2-14H2,1H3,(H,22,23)/t15-,16+,17-/m0/s1. The number of aliphatic hydroxyl groups excluding tert-OH is 2. The van der Waals surface area contributed by atoms with Crippen LogP contribution >= 0.6 is 0 Å². The van der Waals surface area contributed by atoms with Crippen molar-refractivity contribution in [3.63, 3.8) is 0 Å². The fourth-order valence-corrected chi connectivity index (χ4v) is 3.33. The fourth-order valence-electron chi connectivity index (χ4n) is 3.33. The first kappa shape index (κ1) is 20.4. The molecule has 136 valence electrons. The third-order valence-electron chi connectivity index (χ3n) is 4.87. The van der Waals surface area contributed by atoms with Crippen LogP contribution in [0.25, 0.3) is 0 Å². The highest BCUT2D eigenvalue weighted by atomic mass is 16.4. The predicted molar refractivity (Wildman–Crippen MR) is 91.4 cm³/mol. The van der Waals surface area contributed by atoms with E-state index in [-0.39, 0.29) is 12.5 Å². The molecule has 0 aromatic rings. The van der Waals surface area contributed by atoms with Crippen LogP contribution in [-0.4, -0.2) is 58.0 Å². The third-order valence-corrected chi connectivity index (χ3v) is 4.87. The van der Waals surface area contributed by atoms with Crippen LogP contribution in [0, 0.1) is 5.92 Å². The van der Waals surface area contributed by atoms with Crippen LogP contribution in [0.1, 0.15) is 71.1 Å². The largest absolute Gasteiger partial charge is 0.481 e.